The van der Waals surface area contributed by atoms with Gasteiger partial charge in [0.05, 0.1) is 18.2 Å². The molecule has 0 saturated heterocycles. The molecule has 2 rings (SSSR count). The first-order valence-corrected chi connectivity index (χ1v) is 6.59. The van der Waals surface area contributed by atoms with Gasteiger partial charge in [-0.25, -0.2) is 4.98 Å². The number of hydrogen-bond acceptors (Lipinski definition) is 3. The Morgan fingerprint density at radius 3 is 2.89 bits per heavy atom. The molecule has 2 aromatic rings. The maximum atomic E-state index is 5.99. The predicted molar refractivity (Wildman–Crippen MR) is 76.0 cm³/mol. The van der Waals surface area contributed by atoms with Crippen molar-refractivity contribution in [2.75, 3.05) is 0 Å². The van der Waals surface area contributed by atoms with Gasteiger partial charge in [0.15, 0.2) is 0 Å². The summed E-state index contributed by atoms with van der Waals surface area (Å²) in [7, 11) is 0. The van der Waals surface area contributed by atoms with E-state index in [0.29, 0.717) is 6.61 Å². The molecule has 1 heterocycles. The van der Waals surface area contributed by atoms with Crippen LogP contribution >= 0.6 is 0 Å². The van der Waals surface area contributed by atoms with E-state index in [1.807, 2.05) is 31.6 Å². The molecule has 1 atom stereocenters. The van der Waals surface area contributed by atoms with Crippen LogP contribution in [0.25, 0.3) is 0 Å². The molecule has 4 nitrogen and oxygen atoms in total. The first-order valence-electron chi connectivity index (χ1n) is 6.59. The van der Waals surface area contributed by atoms with Crippen LogP contribution in [0.2, 0.25) is 0 Å². The molecule has 2 N–H and O–H groups in total. The average Bonchev–Trinajstić information content (AvgIpc) is 2.84. The second kappa shape index (κ2) is 5.89. The third-order valence-corrected chi connectivity index (χ3v) is 3.17. The van der Waals surface area contributed by atoms with Gasteiger partial charge in [0.25, 0.3) is 0 Å². The molecule has 4 heteroatoms. The lowest BCUT2D eigenvalue weighted by Gasteiger charge is -2.15. The highest BCUT2D eigenvalue weighted by Gasteiger charge is 2.09. The summed E-state index contributed by atoms with van der Waals surface area (Å²) in [5, 5.41) is 0. The Morgan fingerprint density at radius 1 is 1.42 bits per heavy atom. The fourth-order valence-electron chi connectivity index (χ4n) is 2.06. The van der Waals surface area contributed by atoms with Crippen LogP contribution < -0.4 is 10.5 Å². The van der Waals surface area contributed by atoms with E-state index in [-0.39, 0.29) is 6.04 Å². The molecule has 102 valence electrons. The minimum absolute atomic E-state index is 0.0361. The highest BCUT2D eigenvalue weighted by atomic mass is 16.5. The summed E-state index contributed by atoms with van der Waals surface area (Å²) in [6.45, 7) is 7.52. The number of aryl methyl sites for hydroxylation is 2. The number of nitrogens with two attached hydrogens (primary N) is 1. The van der Waals surface area contributed by atoms with E-state index >= 15 is 0 Å². The molecule has 1 unspecified atom stereocenters. The summed E-state index contributed by atoms with van der Waals surface area (Å²) in [6.07, 6.45) is 3.66. The van der Waals surface area contributed by atoms with Crippen molar-refractivity contribution >= 4 is 0 Å². The molecule has 0 saturated carbocycles. The summed E-state index contributed by atoms with van der Waals surface area (Å²) in [5.74, 6) is 0.851. The quantitative estimate of drug-likeness (QED) is 0.898. The van der Waals surface area contributed by atoms with Crippen LogP contribution in [-0.4, -0.2) is 9.55 Å². The van der Waals surface area contributed by atoms with Gasteiger partial charge in [-0.3, -0.25) is 0 Å². The van der Waals surface area contributed by atoms with Gasteiger partial charge >= 0.3 is 0 Å². The Morgan fingerprint density at radius 2 is 2.21 bits per heavy atom. The third-order valence-electron chi connectivity index (χ3n) is 3.17. The van der Waals surface area contributed by atoms with E-state index in [1.165, 1.54) is 5.56 Å². The van der Waals surface area contributed by atoms with Gasteiger partial charge in [-0.15, -0.1) is 0 Å². The van der Waals surface area contributed by atoms with Crippen LogP contribution in [0.5, 0.6) is 5.75 Å². The topological polar surface area (TPSA) is 53.1 Å². The second-order valence-electron chi connectivity index (χ2n) is 4.79. The van der Waals surface area contributed by atoms with E-state index < -0.39 is 0 Å². The molecule has 0 bridgehead atoms. The number of hydrogen-bond donors (Lipinski definition) is 1. The highest BCUT2D eigenvalue weighted by molar-refractivity contribution is 5.38. The molecule has 0 spiro atoms. The molecular weight excluding hydrogens is 238 g/mol. The molecule has 1 aromatic carbocycles. The monoisotopic (exact) mass is 259 g/mol. The molecule has 0 radical (unpaired) electrons. The zero-order valence-electron chi connectivity index (χ0n) is 11.8. The van der Waals surface area contributed by atoms with Crippen molar-refractivity contribution in [2.24, 2.45) is 5.73 Å². The Hall–Kier alpha value is -1.81. The van der Waals surface area contributed by atoms with Crippen LogP contribution in [0, 0.1) is 6.92 Å². The van der Waals surface area contributed by atoms with Crippen molar-refractivity contribution in [3.63, 3.8) is 0 Å². The molecule has 0 aliphatic carbocycles. The van der Waals surface area contributed by atoms with E-state index in [1.54, 1.807) is 0 Å². The summed E-state index contributed by atoms with van der Waals surface area (Å²) in [4.78, 5) is 4.14. The molecule has 1 aromatic heterocycles. The number of aromatic nitrogens is 2. The van der Waals surface area contributed by atoms with Gasteiger partial charge in [0.2, 0.25) is 0 Å². The number of benzene rings is 1. The summed E-state index contributed by atoms with van der Waals surface area (Å²) in [6, 6.07) is 6.07. The van der Waals surface area contributed by atoms with Crippen molar-refractivity contribution in [2.45, 2.75) is 40.0 Å². The number of nitrogens with zero attached hydrogens (tertiary/aromatic N) is 2. The van der Waals surface area contributed by atoms with Crippen LogP contribution in [0.4, 0.5) is 0 Å². The van der Waals surface area contributed by atoms with Crippen LogP contribution in [-0.2, 0) is 13.2 Å². The van der Waals surface area contributed by atoms with Gasteiger partial charge in [-0.2, -0.15) is 0 Å². The number of ether oxygens (including phenoxy) is 1. The van der Waals surface area contributed by atoms with E-state index in [9.17, 15) is 0 Å². The van der Waals surface area contributed by atoms with Gasteiger partial charge in [-0.1, -0.05) is 17.7 Å². The van der Waals surface area contributed by atoms with E-state index in [4.69, 9.17) is 10.5 Å². The predicted octanol–water partition coefficient (Wildman–Crippen LogP) is 2.81. The lowest BCUT2D eigenvalue weighted by Crippen LogP contribution is -2.09. The first kappa shape index (κ1) is 13.6. The van der Waals surface area contributed by atoms with Gasteiger partial charge in [-0.05, 0) is 26.8 Å². The second-order valence-corrected chi connectivity index (χ2v) is 4.79. The number of rotatable bonds is 5. The normalized spacial score (nSPS) is 12.4. The SMILES string of the molecule is CCn1cncc1COc1ccc(C)cc1C(C)N. The zero-order valence-corrected chi connectivity index (χ0v) is 11.8. The smallest absolute Gasteiger partial charge is 0.130 e. The fraction of sp³-hybridized carbons (Fsp3) is 0.400. The maximum absolute atomic E-state index is 5.99. The van der Waals surface area contributed by atoms with Crippen molar-refractivity contribution in [3.05, 3.63) is 47.5 Å². The summed E-state index contributed by atoms with van der Waals surface area (Å²) in [5.41, 5.74) is 9.30. The van der Waals surface area contributed by atoms with Crippen LogP contribution in [0.15, 0.2) is 30.7 Å². The van der Waals surface area contributed by atoms with Crippen LogP contribution in [0.3, 0.4) is 0 Å². The molecule has 0 amide bonds. The largest absolute Gasteiger partial charge is 0.487 e. The van der Waals surface area contributed by atoms with Gasteiger partial charge < -0.3 is 15.0 Å². The number of imidazole rings is 1. The van der Waals surface area contributed by atoms with Gasteiger partial charge in [0, 0.05) is 18.2 Å². The maximum Gasteiger partial charge on any atom is 0.130 e. The zero-order chi connectivity index (χ0) is 13.8. The van der Waals surface area contributed by atoms with Crippen molar-refractivity contribution < 1.29 is 4.74 Å². The summed E-state index contributed by atoms with van der Waals surface area (Å²) >= 11 is 0. The summed E-state index contributed by atoms with van der Waals surface area (Å²) < 4.78 is 7.97. The van der Waals surface area contributed by atoms with Crippen molar-refractivity contribution in [3.8, 4) is 5.75 Å². The Balaban J connectivity index is 2.15. The van der Waals surface area contributed by atoms with E-state index in [2.05, 4.69) is 29.5 Å². The average molecular weight is 259 g/mol. The Bertz CT molecular complexity index is 546. The molecule has 0 aliphatic heterocycles. The van der Waals surface area contributed by atoms with Crippen molar-refractivity contribution in [1.82, 2.24) is 9.55 Å². The minimum atomic E-state index is -0.0361. The molecule has 19 heavy (non-hydrogen) atoms. The minimum Gasteiger partial charge on any atom is -0.487 e. The standard InChI is InChI=1S/C15H21N3O/c1-4-18-10-17-8-13(18)9-19-15-6-5-11(2)7-14(15)12(3)16/h5-8,10,12H,4,9,16H2,1-3H3. The molecular formula is C15H21N3O. The van der Waals surface area contributed by atoms with Gasteiger partial charge in [0.1, 0.15) is 12.4 Å². The lowest BCUT2D eigenvalue weighted by molar-refractivity contribution is 0.291. The third kappa shape index (κ3) is 3.15. The fourth-order valence-corrected chi connectivity index (χ4v) is 2.06. The lowest BCUT2D eigenvalue weighted by atomic mass is 10.1. The highest BCUT2D eigenvalue weighted by Crippen LogP contribution is 2.25. The molecule has 0 fully saturated rings. The Labute approximate surface area is 114 Å². The molecule has 0 aliphatic rings. The van der Waals surface area contributed by atoms with Crippen LogP contribution in [0.1, 0.15) is 36.7 Å². The van der Waals surface area contributed by atoms with E-state index in [0.717, 1.165) is 23.6 Å². The van der Waals surface area contributed by atoms with Crippen molar-refractivity contribution in [1.29, 1.82) is 0 Å². The first-order chi connectivity index (χ1) is 9.11. The Kier molecular flexibility index (Phi) is 4.22.